The Morgan fingerprint density at radius 1 is 1.28 bits per heavy atom. The standard InChI is InChI=1S/C12H13F3N2O/c1-11(2,6-18)10-16-8-4-3-7(12(13,14)15)5-9(8)17-10/h3-5,18H,6H2,1-2H3,(H,16,17). The molecule has 1 aromatic heterocycles. The summed E-state index contributed by atoms with van der Waals surface area (Å²) in [6, 6.07) is 3.35. The lowest BCUT2D eigenvalue weighted by Gasteiger charge is -2.17. The van der Waals surface area contributed by atoms with Crippen LogP contribution in [-0.2, 0) is 11.6 Å². The minimum absolute atomic E-state index is 0.140. The van der Waals surface area contributed by atoms with Crippen molar-refractivity contribution in [2.75, 3.05) is 6.61 Å². The molecule has 1 heterocycles. The third kappa shape index (κ3) is 2.20. The number of imidazole rings is 1. The van der Waals surface area contributed by atoms with Crippen LogP contribution in [0.5, 0.6) is 0 Å². The molecule has 0 unspecified atom stereocenters. The van der Waals surface area contributed by atoms with Crippen LogP contribution in [0.3, 0.4) is 0 Å². The summed E-state index contributed by atoms with van der Waals surface area (Å²) in [4.78, 5) is 7.02. The fourth-order valence-electron chi connectivity index (χ4n) is 1.58. The zero-order valence-corrected chi connectivity index (χ0v) is 9.97. The first kappa shape index (κ1) is 12.9. The number of H-pyrrole nitrogens is 1. The summed E-state index contributed by atoms with van der Waals surface area (Å²) >= 11 is 0. The summed E-state index contributed by atoms with van der Waals surface area (Å²) in [5.74, 6) is 0.472. The van der Waals surface area contributed by atoms with Crippen molar-refractivity contribution >= 4 is 11.0 Å². The summed E-state index contributed by atoms with van der Waals surface area (Å²) in [6.07, 6.45) is -4.37. The zero-order chi connectivity index (χ0) is 13.6. The van der Waals surface area contributed by atoms with Crippen LogP contribution in [-0.4, -0.2) is 21.7 Å². The second-order valence-corrected chi connectivity index (χ2v) is 4.86. The van der Waals surface area contributed by atoms with Crippen LogP contribution >= 0.6 is 0 Å². The highest BCUT2D eigenvalue weighted by Gasteiger charge is 2.31. The first-order valence-corrected chi connectivity index (χ1v) is 5.42. The van der Waals surface area contributed by atoms with E-state index in [4.69, 9.17) is 0 Å². The average molecular weight is 258 g/mol. The molecule has 0 aliphatic carbocycles. The van der Waals surface area contributed by atoms with Crippen LogP contribution in [0.4, 0.5) is 13.2 Å². The Morgan fingerprint density at radius 2 is 1.94 bits per heavy atom. The van der Waals surface area contributed by atoms with Gasteiger partial charge in [0.2, 0.25) is 0 Å². The minimum Gasteiger partial charge on any atom is -0.395 e. The Morgan fingerprint density at radius 3 is 2.50 bits per heavy atom. The lowest BCUT2D eigenvalue weighted by molar-refractivity contribution is -0.137. The molecule has 0 aliphatic heterocycles. The van der Waals surface area contributed by atoms with Gasteiger partial charge in [-0.2, -0.15) is 13.2 Å². The van der Waals surface area contributed by atoms with E-state index in [1.54, 1.807) is 13.8 Å². The SMILES string of the molecule is CC(C)(CO)c1nc2ccc(C(F)(F)F)cc2[nH]1. The number of aromatic amines is 1. The molecule has 2 aromatic rings. The molecule has 1 aromatic carbocycles. The summed E-state index contributed by atoms with van der Waals surface area (Å²) in [5.41, 5.74) is -0.551. The van der Waals surface area contributed by atoms with E-state index >= 15 is 0 Å². The van der Waals surface area contributed by atoms with Crippen LogP contribution in [0.15, 0.2) is 18.2 Å². The monoisotopic (exact) mass is 258 g/mol. The van der Waals surface area contributed by atoms with Crippen LogP contribution in [0.2, 0.25) is 0 Å². The molecule has 0 amide bonds. The number of benzene rings is 1. The summed E-state index contributed by atoms with van der Waals surface area (Å²) in [5, 5.41) is 9.22. The second-order valence-electron chi connectivity index (χ2n) is 4.86. The number of alkyl halides is 3. The molecule has 2 N–H and O–H groups in total. The maximum atomic E-state index is 12.5. The maximum absolute atomic E-state index is 12.5. The predicted octanol–water partition coefficient (Wildman–Crippen LogP) is 2.85. The lowest BCUT2D eigenvalue weighted by Crippen LogP contribution is -2.23. The molecule has 3 nitrogen and oxygen atoms in total. The summed E-state index contributed by atoms with van der Waals surface area (Å²) < 4.78 is 37.6. The van der Waals surface area contributed by atoms with Crippen molar-refractivity contribution in [2.24, 2.45) is 0 Å². The van der Waals surface area contributed by atoms with Gasteiger partial charge in [-0.3, -0.25) is 0 Å². The number of nitrogens with one attached hydrogen (secondary N) is 1. The second kappa shape index (κ2) is 3.98. The number of nitrogens with zero attached hydrogens (tertiary/aromatic N) is 1. The van der Waals surface area contributed by atoms with Crippen molar-refractivity contribution in [2.45, 2.75) is 25.4 Å². The number of aromatic nitrogens is 2. The van der Waals surface area contributed by atoms with Gasteiger partial charge < -0.3 is 10.1 Å². The Bertz CT molecular complexity index is 572. The minimum atomic E-state index is -4.37. The largest absolute Gasteiger partial charge is 0.416 e. The van der Waals surface area contributed by atoms with Gasteiger partial charge in [0.15, 0.2) is 0 Å². The molecule has 2 rings (SSSR count). The van der Waals surface area contributed by atoms with E-state index in [2.05, 4.69) is 9.97 Å². The molecule has 0 bridgehead atoms. The Labute approximate surface area is 102 Å². The molecule has 0 radical (unpaired) electrons. The Hall–Kier alpha value is -1.56. The van der Waals surface area contributed by atoms with Crippen molar-refractivity contribution in [3.05, 3.63) is 29.6 Å². The van der Waals surface area contributed by atoms with Gasteiger partial charge in [0.05, 0.1) is 23.2 Å². The topological polar surface area (TPSA) is 48.9 Å². The molecule has 0 atom stereocenters. The third-order valence-electron chi connectivity index (χ3n) is 2.85. The fourth-order valence-corrected chi connectivity index (χ4v) is 1.58. The smallest absolute Gasteiger partial charge is 0.395 e. The van der Waals surface area contributed by atoms with E-state index in [0.29, 0.717) is 16.9 Å². The van der Waals surface area contributed by atoms with E-state index < -0.39 is 17.2 Å². The van der Waals surface area contributed by atoms with E-state index in [0.717, 1.165) is 12.1 Å². The van der Waals surface area contributed by atoms with Crippen molar-refractivity contribution < 1.29 is 18.3 Å². The molecule has 18 heavy (non-hydrogen) atoms. The summed E-state index contributed by atoms with van der Waals surface area (Å²) in [7, 11) is 0. The molecular formula is C12H13F3N2O. The van der Waals surface area contributed by atoms with Gasteiger partial charge >= 0.3 is 6.18 Å². The fraction of sp³-hybridized carbons (Fsp3) is 0.417. The number of hydrogen-bond donors (Lipinski definition) is 2. The van der Waals surface area contributed by atoms with Crippen molar-refractivity contribution in [3.8, 4) is 0 Å². The molecular weight excluding hydrogens is 245 g/mol. The van der Waals surface area contributed by atoms with Crippen LogP contribution < -0.4 is 0 Å². The Balaban J connectivity index is 2.53. The molecule has 0 saturated carbocycles. The van der Waals surface area contributed by atoms with Gasteiger partial charge in [0, 0.05) is 5.41 Å². The molecule has 98 valence electrons. The van der Waals surface area contributed by atoms with E-state index in [1.165, 1.54) is 6.07 Å². The molecule has 0 aliphatic rings. The van der Waals surface area contributed by atoms with Crippen LogP contribution in [0.1, 0.15) is 25.2 Å². The lowest BCUT2D eigenvalue weighted by atomic mass is 9.94. The normalized spacial score (nSPS) is 13.2. The van der Waals surface area contributed by atoms with Gasteiger partial charge in [-0.05, 0) is 18.2 Å². The number of rotatable bonds is 2. The molecule has 0 fully saturated rings. The number of hydrogen-bond acceptors (Lipinski definition) is 2. The number of halogens is 3. The average Bonchev–Trinajstić information content (AvgIpc) is 2.71. The van der Waals surface area contributed by atoms with E-state index in [-0.39, 0.29) is 6.61 Å². The number of fused-ring (bicyclic) bond motifs is 1. The summed E-state index contributed by atoms with van der Waals surface area (Å²) in [6.45, 7) is 3.38. The number of aliphatic hydroxyl groups is 1. The first-order chi connectivity index (χ1) is 8.24. The predicted molar refractivity (Wildman–Crippen MR) is 61.2 cm³/mol. The van der Waals surface area contributed by atoms with Crippen molar-refractivity contribution in [1.29, 1.82) is 0 Å². The van der Waals surface area contributed by atoms with E-state index in [9.17, 15) is 18.3 Å². The first-order valence-electron chi connectivity index (χ1n) is 5.42. The van der Waals surface area contributed by atoms with Gasteiger partial charge in [-0.15, -0.1) is 0 Å². The van der Waals surface area contributed by atoms with Gasteiger partial charge in [-0.25, -0.2) is 4.98 Å². The van der Waals surface area contributed by atoms with Crippen LogP contribution in [0, 0.1) is 0 Å². The number of aliphatic hydroxyl groups excluding tert-OH is 1. The molecule has 6 heteroatoms. The third-order valence-corrected chi connectivity index (χ3v) is 2.85. The zero-order valence-electron chi connectivity index (χ0n) is 9.97. The van der Waals surface area contributed by atoms with Gasteiger partial charge in [0.25, 0.3) is 0 Å². The van der Waals surface area contributed by atoms with E-state index in [1.807, 2.05) is 0 Å². The van der Waals surface area contributed by atoms with Crippen molar-refractivity contribution in [1.82, 2.24) is 9.97 Å². The van der Waals surface area contributed by atoms with Crippen molar-refractivity contribution in [3.63, 3.8) is 0 Å². The maximum Gasteiger partial charge on any atom is 0.416 e. The highest BCUT2D eigenvalue weighted by atomic mass is 19.4. The highest BCUT2D eigenvalue weighted by Crippen LogP contribution is 2.31. The molecule has 0 spiro atoms. The Kier molecular flexibility index (Phi) is 2.85. The van der Waals surface area contributed by atoms with Crippen LogP contribution in [0.25, 0.3) is 11.0 Å². The molecule has 0 saturated heterocycles. The van der Waals surface area contributed by atoms with Gasteiger partial charge in [0.1, 0.15) is 5.82 Å². The van der Waals surface area contributed by atoms with Gasteiger partial charge in [-0.1, -0.05) is 13.8 Å². The highest BCUT2D eigenvalue weighted by molar-refractivity contribution is 5.76. The quantitative estimate of drug-likeness (QED) is 0.870.